The fraction of sp³-hybridized carbons (Fsp3) is 0.263. The first-order valence-corrected chi connectivity index (χ1v) is 9.84. The molecule has 0 radical (unpaired) electrons. The van der Waals surface area contributed by atoms with Gasteiger partial charge in [0.25, 0.3) is 0 Å². The minimum absolute atomic E-state index is 0.00353. The second-order valence-electron chi connectivity index (χ2n) is 6.44. The van der Waals surface area contributed by atoms with Crippen LogP contribution in [0, 0.1) is 5.41 Å². The van der Waals surface area contributed by atoms with Crippen molar-refractivity contribution in [1.82, 2.24) is 4.98 Å². The maximum absolute atomic E-state index is 13.2. The maximum atomic E-state index is 13.2. The van der Waals surface area contributed by atoms with Crippen molar-refractivity contribution in [1.29, 1.82) is 0 Å². The van der Waals surface area contributed by atoms with E-state index in [1.165, 1.54) is 28.0 Å². The zero-order valence-electron chi connectivity index (χ0n) is 14.0. The highest BCUT2D eigenvalue weighted by Crippen LogP contribution is 2.52. The summed E-state index contributed by atoms with van der Waals surface area (Å²) in [4.78, 5) is 17.4. The van der Waals surface area contributed by atoms with Crippen LogP contribution in [0.15, 0.2) is 46.6 Å². The molecule has 0 aliphatic heterocycles. The molecule has 0 bridgehead atoms. The summed E-state index contributed by atoms with van der Waals surface area (Å²) in [5, 5.41) is 9.70. The minimum Gasteiger partial charge on any atom is -0.497 e. The lowest BCUT2D eigenvalue weighted by Gasteiger charge is -2.30. The molecule has 25 heavy (non-hydrogen) atoms. The number of anilines is 1. The van der Waals surface area contributed by atoms with Gasteiger partial charge in [0.05, 0.1) is 12.5 Å². The number of thiophene rings is 1. The predicted molar refractivity (Wildman–Crippen MR) is 102 cm³/mol. The Bertz CT molecular complexity index is 890. The number of rotatable bonds is 4. The number of hydrogen-bond donors (Lipinski definition) is 1. The van der Waals surface area contributed by atoms with Gasteiger partial charge in [-0.05, 0) is 59.0 Å². The summed E-state index contributed by atoms with van der Waals surface area (Å²) in [5.74, 6) is 0.834. The second kappa shape index (κ2) is 6.28. The van der Waals surface area contributed by atoms with Crippen molar-refractivity contribution >= 4 is 33.7 Å². The van der Waals surface area contributed by atoms with Crippen LogP contribution in [0.5, 0.6) is 5.75 Å². The third-order valence-corrected chi connectivity index (χ3v) is 6.30. The van der Waals surface area contributed by atoms with Crippen LogP contribution >= 0.6 is 22.7 Å². The number of hydrogen-bond acceptors (Lipinski definition) is 5. The first kappa shape index (κ1) is 16.3. The van der Waals surface area contributed by atoms with E-state index in [1.54, 1.807) is 24.6 Å². The van der Waals surface area contributed by atoms with Crippen LogP contribution in [-0.4, -0.2) is 18.0 Å². The molecule has 1 N–H and O–H groups in total. The molecular formula is C19H18N2O2S2. The second-order valence-corrected chi connectivity index (χ2v) is 8.11. The summed E-state index contributed by atoms with van der Waals surface area (Å²) in [6.45, 7) is 2.05. The lowest BCUT2D eigenvalue weighted by molar-refractivity contribution is -0.125. The van der Waals surface area contributed by atoms with Crippen molar-refractivity contribution in [2.24, 2.45) is 5.41 Å². The summed E-state index contributed by atoms with van der Waals surface area (Å²) in [6, 6.07) is 8.22. The van der Waals surface area contributed by atoms with Gasteiger partial charge < -0.3 is 10.1 Å². The van der Waals surface area contributed by atoms with Gasteiger partial charge in [-0.2, -0.15) is 11.3 Å². The molecule has 1 aliphatic rings. The number of carbonyl (C=O) groups is 1. The van der Waals surface area contributed by atoms with Crippen LogP contribution in [0.4, 0.5) is 5.13 Å². The first-order valence-electron chi connectivity index (χ1n) is 8.01. The normalized spacial score (nSPS) is 21.8. The number of nitrogens with one attached hydrogen (secondary N) is 1. The minimum atomic E-state index is -0.568. The molecule has 1 aliphatic carbocycles. The molecule has 0 saturated heterocycles. The zero-order chi connectivity index (χ0) is 17.4. The molecule has 1 aromatic carbocycles. The van der Waals surface area contributed by atoms with E-state index in [2.05, 4.69) is 39.3 Å². The summed E-state index contributed by atoms with van der Waals surface area (Å²) >= 11 is 3.09. The third-order valence-electron chi connectivity index (χ3n) is 4.91. The lowest BCUT2D eigenvalue weighted by atomic mass is 9.74. The van der Waals surface area contributed by atoms with Crippen molar-refractivity contribution in [3.63, 3.8) is 0 Å². The molecule has 4 nitrogen and oxygen atoms in total. The SMILES string of the molecule is COc1ccc2c(c1)C(c1ccsc1)C(C)(C(=O)Nc1nccs1)C2. The molecule has 3 aromatic rings. The van der Waals surface area contributed by atoms with E-state index in [0.717, 1.165) is 5.75 Å². The van der Waals surface area contributed by atoms with Gasteiger partial charge in [-0.25, -0.2) is 4.98 Å². The highest BCUT2D eigenvalue weighted by atomic mass is 32.1. The molecule has 128 valence electrons. The van der Waals surface area contributed by atoms with Crippen molar-refractivity contribution in [2.75, 3.05) is 12.4 Å². The van der Waals surface area contributed by atoms with Gasteiger partial charge in [0, 0.05) is 17.5 Å². The highest BCUT2D eigenvalue weighted by molar-refractivity contribution is 7.13. The number of fused-ring (bicyclic) bond motifs is 1. The van der Waals surface area contributed by atoms with Gasteiger partial charge in [0.1, 0.15) is 5.75 Å². The zero-order valence-corrected chi connectivity index (χ0v) is 15.6. The molecule has 0 saturated carbocycles. The fourth-order valence-corrected chi connectivity index (χ4v) is 4.90. The number of benzene rings is 1. The Morgan fingerprint density at radius 2 is 2.24 bits per heavy atom. The van der Waals surface area contributed by atoms with Gasteiger partial charge in [-0.1, -0.05) is 6.07 Å². The van der Waals surface area contributed by atoms with Crippen molar-refractivity contribution in [2.45, 2.75) is 19.3 Å². The summed E-state index contributed by atoms with van der Waals surface area (Å²) in [6.07, 6.45) is 2.40. The van der Waals surface area contributed by atoms with Crippen LogP contribution < -0.4 is 10.1 Å². The molecule has 0 fully saturated rings. The number of methoxy groups -OCH3 is 1. The van der Waals surface area contributed by atoms with Crippen LogP contribution in [0.25, 0.3) is 0 Å². The maximum Gasteiger partial charge on any atom is 0.233 e. The Morgan fingerprint density at radius 3 is 2.92 bits per heavy atom. The van der Waals surface area contributed by atoms with E-state index in [0.29, 0.717) is 11.6 Å². The number of ether oxygens (including phenoxy) is 1. The third kappa shape index (κ3) is 2.75. The number of amides is 1. The van der Waals surface area contributed by atoms with Crippen molar-refractivity contribution in [3.8, 4) is 5.75 Å². The molecule has 1 amide bonds. The average molecular weight is 370 g/mol. The van der Waals surface area contributed by atoms with Crippen LogP contribution in [0.1, 0.15) is 29.5 Å². The number of thiazole rings is 1. The molecule has 6 heteroatoms. The van der Waals surface area contributed by atoms with E-state index in [9.17, 15) is 4.79 Å². The Labute approximate surface area is 154 Å². The van der Waals surface area contributed by atoms with Crippen LogP contribution in [0.2, 0.25) is 0 Å². The monoisotopic (exact) mass is 370 g/mol. The van der Waals surface area contributed by atoms with Gasteiger partial charge in [-0.15, -0.1) is 11.3 Å². The molecular weight excluding hydrogens is 352 g/mol. The van der Waals surface area contributed by atoms with Crippen molar-refractivity contribution in [3.05, 3.63) is 63.3 Å². The largest absolute Gasteiger partial charge is 0.497 e. The molecule has 2 aromatic heterocycles. The Morgan fingerprint density at radius 1 is 1.36 bits per heavy atom. The molecule has 2 heterocycles. The standard InChI is InChI=1S/C19H18N2O2S2/c1-19(17(22)21-18-20-6-8-25-18)10-12-3-4-14(23-2)9-15(12)16(19)13-5-7-24-11-13/h3-9,11,16H,10H2,1-2H3,(H,20,21,22). The Balaban J connectivity index is 1.77. The van der Waals surface area contributed by atoms with E-state index < -0.39 is 5.41 Å². The number of carbonyl (C=O) groups excluding carboxylic acids is 1. The van der Waals surface area contributed by atoms with Gasteiger partial charge in [0.2, 0.25) is 5.91 Å². The van der Waals surface area contributed by atoms with E-state index in [-0.39, 0.29) is 11.8 Å². The van der Waals surface area contributed by atoms with E-state index >= 15 is 0 Å². The number of nitrogens with zero attached hydrogens (tertiary/aromatic N) is 1. The van der Waals surface area contributed by atoms with Crippen molar-refractivity contribution < 1.29 is 9.53 Å². The quantitative estimate of drug-likeness (QED) is 0.733. The Kier molecular flexibility index (Phi) is 4.09. The summed E-state index contributed by atoms with van der Waals surface area (Å²) in [5.41, 5.74) is 2.98. The smallest absolute Gasteiger partial charge is 0.233 e. The lowest BCUT2D eigenvalue weighted by Crippen LogP contribution is -2.37. The molecule has 2 unspecified atom stereocenters. The molecule has 4 rings (SSSR count). The summed E-state index contributed by atoms with van der Waals surface area (Å²) < 4.78 is 5.41. The molecule has 0 spiro atoms. The number of aromatic nitrogens is 1. The van der Waals surface area contributed by atoms with Gasteiger partial charge >= 0.3 is 0 Å². The highest BCUT2D eigenvalue weighted by Gasteiger charge is 2.49. The first-order chi connectivity index (χ1) is 12.1. The summed E-state index contributed by atoms with van der Waals surface area (Å²) in [7, 11) is 1.67. The van der Waals surface area contributed by atoms with Gasteiger partial charge in [-0.3, -0.25) is 4.79 Å². The predicted octanol–water partition coefficient (Wildman–Crippen LogP) is 4.55. The van der Waals surface area contributed by atoms with E-state index in [1.807, 2.05) is 18.4 Å². The van der Waals surface area contributed by atoms with Gasteiger partial charge in [0.15, 0.2) is 5.13 Å². The molecule has 2 atom stereocenters. The van der Waals surface area contributed by atoms with Crippen LogP contribution in [-0.2, 0) is 11.2 Å². The average Bonchev–Trinajstić information content (AvgIpc) is 3.33. The topological polar surface area (TPSA) is 51.2 Å². The Hall–Kier alpha value is -2.18. The van der Waals surface area contributed by atoms with Crippen LogP contribution in [0.3, 0.4) is 0 Å². The fourth-order valence-electron chi connectivity index (χ4n) is 3.69. The van der Waals surface area contributed by atoms with E-state index in [4.69, 9.17) is 4.74 Å².